The van der Waals surface area contributed by atoms with Gasteiger partial charge in [-0.25, -0.2) is 0 Å². The van der Waals surface area contributed by atoms with Crippen molar-refractivity contribution in [3.63, 3.8) is 0 Å². The van der Waals surface area contributed by atoms with E-state index in [1.165, 1.54) is 32.1 Å². The Kier molecular flexibility index (Phi) is 5.40. The van der Waals surface area contributed by atoms with Crippen LogP contribution < -0.4 is 0 Å². The van der Waals surface area contributed by atoms with Crippen LogP contribution in [0.5, 0.6) is 0 Å². The van der Waals surface area contributed by atoms with Crippen molar-refractivity contribution in [1.82, 2.24) is 4.90 Å². The predicted octanol–water partition coefficient (Wildman–Crippen LogP) is 3.17. The molecule has 0 N–H and O–H groups in total. The van der Waals surface area contributed by atoms with E-state index < -0.39 is 0 Å². The van der Waals surface area contributed by atoms with Crippen LogP contribution in [0.3, 0.4) is 0 Å². The highest BCUT2D eigenvalue weighted by molar-refractivity contribution is 5.79. The van der Waals surface area contributed by atoms with Gasteiger partial charge in [0.15, 0.2) is 0 Å². The lowest BCUT2D eigenvalue weighted by molar-refractivity contribution is -0.124. The van der Waals surface area contributed by atoms with Crippen molar-refractivity contribution in [2.24, 2.45) is 0 Å². The molecule has 1 saturated heterocycles. The third-order valence-electron chi connectivity index (χ3n) is 5.07. The van der Waals surface area contributed by atoms with Gasteiger partial charge >= 0.3 is 0 Å². The Morgan fingerprint density at radius 3 is 2.37 bits per heavy atom. The van der Waals surface area contributed by atoms with Gasteiger partial charge in [-0.05, 0) is 38.5 Å². The third kappa shape index (κ3) is 3.57. The molecular weight excluding hydrogens is 238 g/mol. The SMILES string of the molecule is CCCO[C@H]1CC[C@](CC)(N2CCC(=O)CC2)CC1. The summed E-state index contributed by atoms with van der Waals surface area (Å²) in [5.41, 5.74) is 0.354. The summed E-state index contributed by atoms with van der Waals surface area (Å²) in [6.07, 6.45) is 9.20. The Hall–Kier alpha value is -0.410. The third-order valence-corrected chi connectivity index (χ3v) is 5.07. The first-order valence-corrected chi connectivity index (χ1v) is 8.08. The second kappa shape index (κ2) is 6.85. The Bertz CT molecular complexity index is 285. The largest absolute Gasteiger partial charge is 0.378 e. The summed E-state index contributed by atoms with van der Waals surface area (Å²) in [6.45, 7) is 7.34. The van der Waals surface area contributed by atoms with E-state index in [0.29, 0.717) is 17.4 Å². The molecule has 0 aromatic heterocycles. The van der Waals surface area contributed by atoms with Crippen LogP contribution >= 0.6 is 0 Å². The van der Waals surface area contributed by atoms with E-state index in [2.05, 4.69) is 18.7 Å². The molecule has 2 aliphatic rings. The zero-order valence-corrected chi connectivity index (χ0v) is 12.6. The topological polar surface area (TPSA) is 29.5 Å². The number of ether oxygens (including phenoxy) is 1. The number of ketones is 1. The van der Waals surface area contributed by atoms with Gasteiger partial charge in [0.2, 0.25) is 0 Å². The smallest absolute Gasteiger partial charge is 0.135 e. The number of piperidine rings is 1. The van der Waals surface area contributed by atoms with E-state index in [1.807, 2.05) is 0 Å². The fourth-order valence-electron chi connectivity index (χ4n) is 3.70. The van der Waals surface area contributed by atoms with Crippen molar-refractivity contribution < 1.29 is 9.53 Å². The number of likely N-dealkylation sites (tertiary alicyclic amines) is 1. The van der Waals surface area contributed by atoms with E-state index in [0.717, 1.165) is 39.0 Å². The molecule has 2 fully saturated rings. The molecule has 1 aliphatic carbocycles. The zero-order valence-electron chi connectivity index (χ0n) is 12.6. The minimum Gasteiger partial charge on any atom is -0.378 e. The lowest BCUT2D eigenvalue weighted by Crippen LogP contribution is -2.54. The molecule has 1 heterocycles. The maximum absolute atomic E-state index is 11.4. The van der Waals surface area contributed by atoms with E-state index >= 15 is 0 Å². The fraction of sp³-hybridized carbons (Fsp3) is 0.938. The van der Waals surface area contributed by atoms with Crippen molar-refractivity contribution in [3.05, 3.63) is 0 Å². The number of rotatable bonds is 5. The average molecular weight is 267 g/mol. The molecule has 0 amide bonds. The predicted molar refractivity (Wildman–Crippen MR) is 77.3 cm³/mol. The van der Waals surface area contributed by atoms with Crippen LogP contribution in [0.15, 0.2) is 0 Å². The molecule has 3 heteroatoms. The summed E-state index contributed by atoms with van der Waals surface area (Å²) in [5.74, 6) is 0.447. The first kappa shape index (κ1) is 15.0. The minimum absolute atomic E-state index is 0.354. The standard InChI is InChI=1S/C16H29NO2/c1-3-13-19-15-5-9-16(4-2,10-6-15)17-11-7-14(18)8-12-17/h15H,3-13H2,1-2H3/t15-,16-. The van der Waals surface area contributed by atoms with Crippen LogP contribution in [0.2, 0.25) is 0 Å². The van der Waals surface area contributed by atoms with E-state index in [1.54, 1.807) is 0 Å². The Morgan fingerprint density at radius 2 is 1.84 bits per heavy atom. The highest BCUT2D eigenvalue weighted by atomic mass is 16.5. The number of nitrogens with zero attached hydrogens (tertiary/aromatic N) is 1. The Morgan fingerprint density at radius 1 is 1.21 bits per heavy atom. The highest BCUT2D eigenvalue weighted by Gasteiger charge is 2.40. The Labute approximate surface area is 117 Å². The van der Waals surface area contributed by atoms with Gasteiger partial charge in [-0.2, -0.15) is 0 Å². The summed E-state index contributed by atoms with van der Waals surface area (Å²) in [4.78, 5) is 14.0. The lowest BCUT2D eigenvalue weighted by atomic mass is 9.76. The first-order chi connectivity index (χ1) is 9.20. The van der Waals surface area contributed by atoms with Crippen LogP contribution in [0.4, 0.5) is 0 Å². The quantitative estimate of drug-likeness (QED) is 0.766. The number of hydrogen-bond acceptors (Lipinski definition) is 3. The van der Waals surface area contributed by atoms with Crippen molar-refractivity contribution in [2.45, 2.75) is 76.9 Å². The van der Waals surface area contributed by atoms with Crippen LogP contribution in [0.1, 0.15) is 65.2 Å². The van der Waals surface area contributed by atoms with E-state index in [-0.39, 0.29) is 0 Å². The van der Waals surface area contributed by atoms with E-state index in [4.69, 9.17) is 4.74 Å². The molecule has 1 saturated carbocycles. The summed E-state index contributed by atoms with van der Waals surface area (Å²) in [7, 11) is 0. The van der Waals surface area contributed by atoms with Crippen LogP contribution in [0, 0.1) is 0 Å². The van der Waals surface area contributed by atoms with Crippen LogP contribution in [0.25, 0.3) is 0 Å². The maximum atomic E-state index is 11.4. The Balaban J connectivity index is 1.88. The van der Waals surface area contributed by atoms with Gasteiger partial charge in [-0.3, -0.25) is 9.69 Å². The van der Waals surface area contributed by atoms with Crippen molar-refractivity contribution in [3.8, 4) is 0 Å². The van der Waals surface area contributed by atoms with Crippen molar-refractivity contribution >= 4 is 5.78 Å². The molecule has 0 bridgehead atoms. The normalized spacial score (nSPS) is 33.6. The van der Waals surface area contributed by atoms with Gasteiger partial charge in [0.25, 0.3) is 0 Å². The molecule has 0 aromatic rings. The van der Waals surface area contributed by atoms with Gasteiger partial charge in [0, 0.05) is 38.1 Å². The molecule has 0 spiro atoms. The summed E-state index contributed by atoms with van der Waals surface area (Å²) < 4.78 is 5.90. The molecular formula is C16H29NO2. The van der Waals surface area contributed by atoms with Crippen molar-refractivity contribution in [2.75, 3.05) is 19.7 Å². The summed E-state index contributed by atoms with van der Waals surface area (Å²) >= 11 is 0. The zero-order chi connectivity index (χ0) is 13.7. The fourth-order valence-corrected chi connectivity index (χ4v) is 3.70. The van der Waals surface area contributed by atoms with Gasteiger partial charge in [0.1, 0.15) is 5.78 Å². The second-order valence-corrected chi connectivity index (χ2v) is 6.17. The van der Waals surface area contributed by atoms with Gasteiger partial charge in [0.05, 0.1) is 6.10 Å². The molecule has 19 heavy (non-hydrogen) atoms. The molecule has 0 radical (unpaired) electrons. The number of Topliss-reactive ketones (excluding diaryl/α,β-unsaturated/α-hetero) is 1. The number of hydrogen-bond donors (Lipinski definition) is 0. The van der Waals surface area contributed by atoms with Gasteiger partial charge in [-0.15, -0.1) is 0 Å². The molecule has 1 aliphatic heterocycles. The monoisotopic (exact) mass is 267 g/mol. The molecule has 0 unspecified atom stereocenters. The van der Waals surface area contributed by atoms with E-state index in [9.17, 15) is 4.79 Å². The molecule has 110 valence electrons. The van der Waals surface area contributed by atoms with Crippen LogP contribution in [-0.2, 0) is 9.53 Å². The van der Waals surface area contributed by atoms with Crippen LogP contribution in [-0.4, -0.2) is 42.0 Å². The first-order valence-electron chi connectivity index (χ1n) is 8.08. The second-order valence-electron chi connectivity index (χ2n) is 6.17. The summed E-state index contributed by atoms with van der Waals surface area (Å²) in [5, 5.41) is 0. The lowest BCUT2D eigenvalue weighted by Gasteiger charge is -2.49. The number of carbonyl (C=O) groups is 1. The molecule has 3 nitrogen and oxygen atoms in total. The van der Waals surface area contributed by atoms with Gasteiger partial charge in [-0.1, -0.05) is 13.8 Å². The average Bonchev–Trinajstić information content (AvgIpc) is 2.46. The molecule has 2 rings (SSSR count). The number of carbonyl (C=O) groups excluding carboxylic acids is 1. The minimum atomic E-state index is 0.354. The molecule has 0 atom stereocenters. The maximum Gasteiger partial charge on any atom is 0.135 e. The van der Waals surface area contributed by atoms with Crippen molar-refractivity contribution in [1.29, 1.82) is 0 Å². The molecule has 0 aromatic carbocycles. The summed E-state index contributed by atoms with van der Waals surface area (Å²) in [6, 6.07) is 0. The highest BCUT2D eigenvalue weighted by Crippen LogP contribution is 2.38. The van der Waals surface area contributed by atoms with Gasteiger partial charge < -0.3 is 4.74 Å².